The van der Waals surface area contributed by atoms with Gasteiger partial charge in [-0.05, 0) is 49.8 Å². The van der Waals surface area contributed by atoms with Crippen molar-refractivity contribution in [2.75, 3.05) is 13.2 Å². The largest absolute Gasteiger partial charge is 0.479 e. The summed E-state index contributed by atoms with van der Waals surface area (Å²) in [6.07, 6.45) is 2.85. The van der Waals surface area contributed by atoms with Crippen LogP contribution in [0.2, 0.25) is 0 Å². The van der Waals surface area contributed by atoms with Crippen molar-refractivity contribution in [2.45, 2.75) is 38.1 Å². The molecule has 1 atom stereocenters. The van der Waals surface area contributed by atoms with Crippen LogP contribution in [0, 0.1) is 11.7 Å². The topological polar surface area (TPSA) is 75.6 Å². The molecule has 1 amide bonds. The van der Waals surface area contributed by atoms with E-state index in [1.54, 1.807) is 0 Å². The normalized spacial score (nSPS) is 18.2. The molecule has 126 valence electrons. The second-order valence-corrected chi connectivity index (χ2v) is 6.08. The molecule has 5 nitrogen and oxygen atoms in total. The maximum Gasteiger partial charge on any atom is 0.333 e. The molecule has 1 unspecified atom stereocenters. The molecule has 0 spiro atoms. The highest BCUT2D eigenvalue weighted by Crippen LogP contribution is 2.23. The van der Waals surface area contributed by atoms with Crippen molar-refractivity contribution in [2.24, 2.45) is 5.92 Å². The summed E-state index contributed by atoms with van der Waals surface area (Å²) in [6, 6.07) is 5.12. The number of nitrogens with one attached hydrogen (secondary N) is 1. The van der Waals surface area contributed by atoms with Gasteiger partial charge in [-0.2, -0.15) is 0 Å². The van der Waals surface area contributed by atoms with E-state index in [0.29, 0.717) is 31.1 Å². The van der Waals surface area contributed by atoms with Crippen LogP contribution < -0.4 is 5.32 Å². The molecule has 1 aromatic rings. The predicted octanol–water partition coefficient (Wildman–Crippen LogP) is 2.45. The number of halogens is 1. The third kappa shape index (κ3) is 4.51. The van der Waals surface area contributed by atoms with Gasteiger partial charge in [0.1, 0.15) is 5.82 Å². The van der Waals surface area contributed by atoms with Crippen LogP contribution in [0.5, 0.6) is 0 Å². The van der Waals surface area contributed by atoms with Crippen LogP contribution in [-0.4, -0.2) is 30.2 Å². The van der Waals surface area contributed by atoms with Crippen molar-refractivity contribution < 1.29 is 23.8 Å². The van der Waals surface area contributed by atoms with Gasteiger partial charge < -0.3 is 15.2 Å². The zero-order valence-corrected chi connectivity index (χ0v) is 13.2. The monoisotopic (exact) mass is 323 g/mol. The third-order valence-corrected chi connectivity index (χ3v) is 4.36. The van der Waals surface area contributed by atoms with E-state index in [9.17, 15) is 19.1 Å². The molecule has 2 N–H and O–H groups in total. The molecular weight excluding hydrogens is 301 g/mol. The Morgan fingerprint density at radius 2 is 1.91 bits per heavy atom. The highest BCUT2D eigenvalue weighted by Gasteiger charge is 2.36. The molecule has 0 radical (unpaired) electrons. The van der Waals surface area contributed by atoms with Crippen LogP contribution in [0.15, 0.2) is 24.3 Å². The number of ether oxygens (including phenoxy) is 1. The summed E-state index contributed by atoms with van der Waals surface area (Å²) < 4.78 is 18.3. The molecule has 1 aliphatic heterocycles. The number of carboxylic acid groups (broad SMARTS) is 1. The van der Waals surface area contributed by atoms with E-state index < -0.39 is 17.3 Å². The number of hydrogen-bond acceptors (Lipinski definition) is 3. The Bertz CT molecular complexity index is 554. The van der Waals surface area contributed by atoms with Gasteiger partial charge in [-0.1, -0.05) is 12.1 Å². The number of amides is 1. The number of hydrogen-bond donors (Lipinski definition) is 2. The Hall–Kier alpha value is -1.95. The minimum absolute atomic E-state index is 0.273. The predicted molar refractivity (Wildman–Crippen MR) is 82.3 cm³/mol. The quantitative estimate of drug-likeness (QED) is 0.843. The van der Waals surface area contributed by atoms with Crippen LogP contribution in [0.25, 0.3) is 0 Å². The lowest BCUT2D eigenvalue weighted by Gasteiger charge is -2.27. The fourth-order valence-electron chi connectivity index (χ4n) is 2.74. The van der Waals surface area contributed by atoms with E-state index in [4.69, 9.17) is 4.74 Å². The van der Waals surface area contributed by atoms with Crippen molar-refractivity contribution in [1.29, 1.82) is 0 Å². The maximum atomic E-state index is 13.0. The first-order valence-corrected chi connectivity index (χ1v) is 7.80. The molecule has 1 heterocycles. The van der Waals surface area contributed by atoms with Crippen LogP contribution in [0.3, 0.4) is 0 Å². The molecule has 1 fully saturated rings. The average Bonchev–Trinajstić information content (AvgIpc) is 2.54. The second kappa shape index (κ2) is 7.55. The van der Waals surface area contributed by atoms with Gasteiger partial charge in [-0.3, -0.25) is 4.79 Å². The van der Waals surface area contributed by atoms with Crippen molar-refractivity contribution in [3.05, 3.63) is 35.6 Å². The third-order valence-electron chi connectivity index (χ3n) is 4.36. The van der Waals surface area contributed by atoms with Gasteiger partial charge in [0.05, 0.1) is 0 Å². The zero-order chi connectivity index (χ0) is 16.9. The van der Waals surface area contributed by atoms with E-state index in [1.807, 2.05) is 0 Å². The number of rotatable bonds is 6. The van der Waals surface area contributed by atoms with Crippen molar-refractivity contribution >= 4 is 11.9 Å². The molecule has 0 bridgehead atoms. The molecule has 1 aromatic carbocycles. The SMILES string of the molecule is CC(NC(=O)CCC1CCOCC1)(C(=O)O)c1ccc(F)cc1. The Labute approximate surface area is 134 Å². The first-order chi connectivity index (χ1) is 10.9. The number of carbonyl (C=O) groups excluding carboxylic acids is 1. The van der Waals surface area contributed by atoms with Crippen LogP contribution in [0.1, 0.15) is 38.2 Å². The van der Waals surface area contributed by atoms with Crippen LogP contribution >= 0.6 is 0 Å². The highest BCUT2D eigenvalue weighted by molar-refractivity contribution is 5.87. The van der Waals surface area contributed by atoms with Gasteiger partial charge in [0.2, 0.25) is 5.91 Å². The van der Waals surface area contributed by atoms with Gasteiger partial charge >= 0.3 is 5.97 Å². The number of benzene rings is 1. The second-order valence-electron chi connectivity index (χ2n) is 6.08. The van der Waals surface area contributed by atoms with E-state index in [-0.39, 0.29) is 12.3 Å². The van der Waals surface area contributed by atoms with E-state index in [0.717, 1.165) is 12.8 Å². The molecule has 2 rings (SSSR count). The molecule has 0 aliphatic carbocycles. The van der Waals surface area contributed by atoms with Crippen LogP contribution in [-0.2, 0) is 19.9 Å². The number of aliphatic carboxylic acids is 1. The van der Waals surface area contributed by atoms with Gasteiger partial charge in [-0.25, -0.2) is 9.18 Å². The Morgan fingerprint density at radius 3 is 2.48 bits per heavy atom. The average molecular weight is 323 g/mol. The van der Waals surface area contributed by atoms with E-state index in [2.05, 4.69) is 5.32 Å². The summed E-state index contributed by atoms with van der Waals surface area (Å²) in [5.41, 5.74) is -1.23. The molecule has 1 saturated heterocycles. The fraction of sp³-hybridized carbons (Fsp3) is 0.529. The van der Waals surface area contributed by atoms with Crippen molar-refractivity contribution in [3.63, 3.8) is 0 Å². The van der Waals surface area contributed by atoms with Crippen molar-refractivity contribution in [3.8, 4) is 0 Å². The number of carbonyl (C=O) groups is 2. The van der Waals surface area contributed by atoms with E-state index >= 15 is 0 Å². The minimum atomic E-state index is -1.57. The Balaban J connectivity index is 1.99. The molecule has 1 aliphatic rings. The maximum absolute atomic E-state index is 13.0. The lowest BCUT2D eigenvalue weighted by Crippen LogP contribution is -2.49. The minimum Gasteiger partial charge on any atom is -0.479 e. The zero-order valence-electron chi connectivity index (χ0n) is 13.2. The first-order valence-electron chi connectivity index (χ1n) is 7.80. The molecule has 6 heteroatoms. The standard InChI is InChI=1S/C17H22FNO4/c1-17(16(21)22,13-3-5-14(18)6-4-13)19-15(20)7-2-12-8-10-23-11-9-12/h3-6,12H,2,7-11H2,1H3,(H,19,20)(H,21,22). The summed E-state index contributed by atoms with van der Waals surface area (Å²) in [7, 11) is 0. The van der Waals surface area contributed by atoms with Gasteiger partial charge in [0, 0.05) is 19.6 Å². The Kier molecular flexibility index (Phi) is 5.71. The summed E-state index contributed by atoms with van der Waals surface area (Å²) in [6.45, 7) is 2.85. The van der Waals surface area contributed by atoms with Gasteiger partial charge in [0.25, 0.3) is 0 Å². The molecule has 0 saturated carbocycles. The van der Waals surface area contributed by atoms with Crippen LogP contribution in [0.4, 0.5) is 4.39 Å². The van der Waals surface area contributed by atoms with E-state index in [1.165, 1.54) is 31.2 Å². The molecule has 0 aromatic heterocycles. The molecular formula is C17H22FNO4. The lowest BCUT2D eigenvalue weighted by molar-refractivity contribution is -0.147. The van der Waals surface area contributed by atoms with Crippen molar-refractivity contribution in [1.82, 2.24) is 5.32 Å². The lowest BCUT2D eigenvalue weighted by atomic mass is 9.91. The Morgan fingerprint density at radius 1 is 1.30 bits per heavy atom. The smallest absolute Gasteiger partial charge is 0.333 e. The summed E-state index contributed by atoms with van der Waals surface area (Å²) in [4.78, 5) is 23.8. The van der Waals surface area contributed by atoms with Gasteiger partial charge in [-0.15, -0.1) is 0 Å². The highest BCUT2D eigenvalue weighted by atomic mass is 19.1. The summed E-state index contributed by atoms with van der Waals surface area (Å²) in [5, 5.41) is 12.1. The number of carboxylic acids is 1. The summed E-state index contributed by atoms with van der Waals surface area (Å²) >= 11 is 0. The first kappa shape index (κ1) is 17.4. The van der Waals surface area contributed by atoms with Gasteiger partial charge in [0.15, 0.2) is 5.54 Å². The molecule has 23 heavy (non-hydrogen) atoms. The summed E-state index contributed by atoms with van der Waals surface area (Å²) in [5.74, 6) is -1.50. The fourth-order valence-corrected chi connectivity index (χ4v) is 2.74.